The van der Waals surface area contributed by atoms with Crippen LogP contribution in [0.1, 0.15) is 10.5 Å². The molecule has 7 nitrogen and oxygen atoms in total. The van der Waals surface area contributed by atoms with Gasteiger partial charge in [-0.25, -0.2) is 0 Å². The number of nitrogens with zero attached hydrogens (tertiary/aromatic N) is 3. The van der Waals surface area contributed by atoms with Crippen LogP contribution in [0.4, 0.5) is 0 Å². The van der Waals surface area contributed by atoms with Gasteiger partial charge in [-0.05, 0) is 26.2 Å². The van der Waals surface area contributed by atoms with Crippen LogP contribution >= 0.6 is 0 Å². The lowest BCUT2D eigenvalue weighted by Crippen LogP contribution is -2.54. The van der Waals surface area contributed by atoms with E-state index in [2.05, 4.69) is 29.2 Å². The molecule has 116 valence electrons. The zero-order valence-electron chi connectivity index (χ0n) is 12.5. The maximum absolute atomic E-state index is 12.2. The number of carbonyl (C=O) groups is 2. The summed E-state index contributed by atoms with van der Waals surface area (Å²) in [4.78, 5) is 27.4. The zero-order chi connectivity index (χ0) is 15.4. The van der Waals surface area contributed by atoms with E-state index in [1.807, 2.05) is 0 Å². The van der Waals surface area contributed by atoms with Crippen LogP contribution < -0.4 is 5.32 Å². The predicted molar refractivity (Wildman–Crippen MR) is 78.3 cm³/mol. The fourth-order valence-corrected chi connectivity index (χ4v) is 2.53. The van der Waals surface area contributed by atoms with Crippen LogP contribution in [0.5, 0.6) is 0 Å². The third kappa shape index (κ3) is 4.05. The smallest absolute Gasteiger partial charge is 0.323 e. The standard InChI is InChI=1S/C14H22N4O3/c1-16-6-7-17(2)11(9-16)8-15-14(21)12-4-3-5-18(12)10-13(19)20/h3-5,11H,6-10H2,1-2H3,(H,15,21)(H,19,20). The molecule has 0 spiro atoms. The van der Waals surface area contributed by atoms with E-state index in [0.29, 0.717) is 12.2 Å². The van der Waals surface area contributed by atoms with Gasteiger partial charge in [0.15, 0.2) is 0 Å². The lowest BCUT2D eigenvalue weighted by molar-refractivity contribution is -0.137. The summed E-state index contributed by atoms with van der Waals surface area (Å²) in [6.07, 6.45) is 1.60. The molecule has 1 aromatic heterocycles. The monoisotopic (exact) mass is 294 g/mol. The van der Waals surface area contributed by atoms with E-state index >= 15 is 0 Å². The summed E-state index contributed by atoms with van der Waals surface area (Å²) in [7, 11) is 4.12. The van der Waals surface area contributed by atoms with Crippen molar-refractivity contribution in [2.24, 2.45) is 0 Å². The number of aromatic nitrogens is 1. The van der Waals surface area contributed by atoms with Gasteiger partial charge in [-0.2, -0.15) is 0 Å². The molecule has 1 saturated heterocycles. The third-order valence-corrected chi connectivity index (χ3v) is 3.85. The number of likely N-dealkylation sites (N-methyl/N-ethyl adjacent to an activating group) is 2. The van der Waals surface area contributed by atoms with Crippen LogP contribution in [0.25, 0.3) is 0 Å². The number of amides is 1. The Bertz CT molecular complexity index is 514. The van der Waals surface area contributed by atoms with Crippen LogP contribution in [-0.2, 0) is 11.3 Å². The van der Waals surface area contributed by atoms with Crippen molar-refractivity contribution < 1.29 is 14.7 Å². The lowest BCUT2D eigenvalue weighted by atomic mass is 10.2. The second kappa shape index (κ2) is 6.73. The summed E-state index contributed by atoms with van der Waals surface area (Å²) < 4.78 is 1.44. The molecule has 0 bridgehead atoms. The molecule has 1 aromatic rings. The first-order valence-electron chi connectivity index (χ1n) is 7.01. The normalized spacial score (nSPS) is 20.4. The van der Waals surface area contributed by atoms with Crippen molar-refractivity contribution in [2.45, 2.75) is 12.6 Å². The number of hydrogen-bond acceptors (Lipinski definition) is 4. The van der Waals surface area contributed by atoms with Gasteiger partial charge in [-0.1, -0.05) is 0 Å². The van der Waals surface area contributed by atoms with Gasteiger partial charge in [0.05, 0.1) is 0 Å². The van der Waals surface area contributed by atoms with Crippen LogP contribution in [0, 0.1) is 0 Å². The summed E-state index contributed by atoms with van der Waals surface area (Å²) in [5.74, 6) is -1.20. The molecule has 21 heavy (non-hydrogen) atoms. The highest BCUT2D eigenvalue weighted by Gasteiger charge is 2.23. The first-order valence-corrected chi connectivity index (χ1v) is 7.01. The van der Waals surface area contributed by atoms with Gasteiger partial charge in [0.2, 0.25) is 0 Å². The Hall–Kier alpha value is -1.86. The van der Waals surface area contributed by atoms with E-state index in [4.69, 9.17) is 5.11 Å². The van der Waals surface area contributed by atoms with Gasteiger partial charge in [-0.15, -0.1) is 0 Å². The van der Waals surface area contributed by atoms with Crippen LogP contribution in [-0.4, -0.2) is 77.7 Å². The van der Waals surface area contributed by atoms with Crippen LogP contribution in [0.2, 0.25) is 0 Å². The molecule has 1 amide bonds. The SMILES string of the molecule is CN1CCN(C)C(CNC(=O)c2cccn2CC(=O)O)C1. The van der Waals surface area contributed by atoms with Gasteiger partial charge in [0.1, 0.15) is 12.2 Å². The molecule has 2 N–H and O–H groups in total. The first-order chi connectivity index (χ1) is 9.97. The molecule has 1 fully saturated rings. The van der Waals surface area contributed by atoms with E-state index in [0.717, 1.165) is 19.6 Å². The Morgan fingerprint density at radius 1 is 1.38 bits per heavy atom. The van der Waals surface area contributed by atoms with E-state index in [1.165, 1.54) is 4.57 Å². The Morgan fingerprint density at radius 3 is 2.86 bits per heavy atom. The zero-order valence-corrected chi connectivity index (χ0v) is 12.5. The minimum atomic E-state index is -0.964. The molecule has 1 aliphatic heterocycles. The number of hydrogen-bond donors (Lipinski definition) is 2. The maximum atomic E-state index is 12.2. The molecule has 2 heterocycles. The summed E-state index contributed by atoms with van der Waals surface area (Å²) in [5.41, 5.74) is 0.379. The second-order valence-electron chi connectivity index (χ2n) is 5.52. The number of carbonyl (C=O) groups excluding carboxylic acids is 1. The molecule has 0 aromatic carbocycles. The van der Waals surface area contributed by atoms with Gasteiger partial charge in [0, 0.05) is 38.4 Å². The van der Waals surface area contributed by atoms with Crippen molar-refractivity contribution in [3.63, 3.8) is 0 Å². The topological polar surface area (TPSA) is 77.8 Å². The highest BCUT2D eigenvalue weighted by Crippen LogP contribution is 2.06. The molecule has 0 aliphatic carbocycles. The number of rotatable bonds is 5. The van der Waals surface area contributed by atoms with Crippen molar-refractivity contribution in [2.75, 3.05) is 40.3 Å². The quantitative estimate of drug-likeness (QED) is 0.769. The van der Waals surface area contributed by atoms with Gasteiger partial charge >= 0.3 is 5.97 Å². The van der Waals surface area contributed by atoms with Crippen molar-refractivity contribution in [3.05, 3.63) is 24.0 Å². The van der Waals surface area contributed by atoms with E-state index in [9.17, 15) is 9.59 Å². The van der Waals surface area contributed by atoms with Gasteiger partial charge < -0.3 is 19.9 Å². The number of piperazine rings is 1. The van der Waals surface area contributed by atoms with Crippen molar-refractivity contribution in [1.82, 2.24) is 19.7 Å². The Labute approximate surface area is 124 Å². The van der Waals surface area contributed by atoms with Crippen LogP contribution in [0.3, 0.4) is 0 Å². The Kier molecular flexibility index (Phi) is 4.98. The molecular weight excluding hydrogens is 272 g/mol. The summed E-state index contributed by atoms with van der Waals surface area (Å²) in [6.45, 7) is 3.27. The third-order valence-electron chi connectivity index (χ3n) is 3.85. The molecule has 7 heteroatoms. The Morgan fingerprint density at radius 2 is 2.14 bits per heavy atom. The fourth-order valence-electron chi connectivity index (χ4n) is 2.53. The highest BCUT2D eigenvalue weighted by atomic mass is 16.4. The molecule has 0 radical (unpaired) electrons. The highest BCUT2D eigenvalue weighted by molar-refractivity contribution is 5.93. The molecule has 1 unspecified atom stereocenters. The number of nitrogens with one attached hydrogen (secondary N) is 1. The summed E-state index contributed by atoms with van der Waals surface area (Å²) >= 11 is 0. The molecular formula is C14H22N4O3. The van der Waals surface area contributed by atoms with Crippen LogP contribution in [0.15, 0.2) is 18.3 Å². The number of aliphatic carboxylic acids is 1. The first kappa shape index (κ1) is 15.5. The molecule has 0 saturated carbocycles. The van der Waals surface area contributed by atoms with E-state index in [1.54, 1.807) is 18.3 Å². The van der Waals surface area contributed by atoms with Gasteiger partial charge in [0.25, 0.3) is 5.91 Å². The number of carboxylic acids is 1. The van der Waals surface area contributed by atoms with Crippen molar-refractivity contribution >= 4 is 11.9 Å². The maximum Gasteiger partial charge on any atom is 0.323 e. The molecule has 1 aliphatic rings. The minimum Gasteiger partial charge on any atom is -0.480 e. The summed E-state index contributed by atoms with van der Waals surface area (Å²) in [5, 5.41) is 11.7. The second-order valence-corrected chi connectivity index (χ2v) is 5.52. The minimum absolute atomic E-state index is 0.207. The van der Waals surface area contributed by atoms with Crippen molar-refractivity contribution in [3.8, 4) is 0 Å². The van der Waals surface area contributed by atoms with E-state index in [-0.39, 0.29) is 18.5 Å². The fraction of sp³-hybridized carbons (Fsp3) is 0.571. The lowest BCUT2D eigenvalue weighted by Gasteiger charge is -2.37. The van der Waals surface area contributed by atoms with E-state index < -0.39 is 5.97 Å². The van der Waals surface area contributed by atoms with Crippen molar-refractivity contribution in [1.29, 1.82) is 0 Å². The average Bonchev–Trinajstić information content (AvgIpc) is 2.86. The van der Waals surface area contributed by atoms with Gasteiger partial charge in [-0.3, -0.25) is 14.5 Å². The average molecular weight is 294 g/mol. The molecule has 2 rings (SSSR count). The predicted octanol–water partition coefficient (Wildman–Crippen LogP) is -0.452. The Balaban J connectivity index is 1.92. The number of carboxylic acid groups (broad SMARTS) is 1. The molecule has 1 atom stereocenters. The summed E-state index contributed by atoms with van der Waals surface area (Å²) in [6, 6.07) is 3.59. The largest absolute Gasteiger partial charge is 0.480 e.